The van der Waals surface area contributed by atoms with Crippen LogP contribution in [0.1, 0.15) is 219 Å². The average molecular weight is 562 g/mol. The Kier molecular flexibility index (Phi) is 37.8. The van der Waals surface area contributed by atoms with Crippen molar-refractivity contribution < 1.29 is 0 Å². The maximum atomic E-state index is 2.40. The third-order valence-corrected chi connectivity index (χ3v) is 9.10. The van der Waals surface area contributed by atoms with Crippen molar-refractivity contribution in [2.75, 3.05) is 0 Å². The molecule has 0 aromatic heterocycles. The first-order valence-electron chi connectivity index (χ1n) is 18.4. The highest BCUT2D eigenvalue weighted by Crippen LogP contribution is 2.18. The van der Waals surface area contributed by atoms with E-state index < -0.39 is 0 Å². The van der Waals surface area contributed by atoms with E-state index in [4.69, 9.17) is 0 Å². The van der Waals surface area contributed by atoms with Crippen molar-refractivity contribution in [3.8, 4) is 0 Å². The fraction of sp³-hybridized carbons (Fsp3) is 0.895. The third-order valence-electron chi connectivity index (χ3n) is 8.33. The minimum absolute atomic E-state index is 1.28. The summed E-state index contributed by atoms with van der Waals surface area (Å²) < 4.78 is 0. The molecule has 1 radical (unpaired) electrons. The van der Waals surface area contributed by atoms with Crippen molar-refractivity contribution in [2.24, 2.45) is 0 Å². The van der Waals surface area contributed by atoms with Gasteiger partial charge >= 0.3 is 0 Å². The second kappa shape index (κ2) is 37.9. The van der Waals surface area contributed by atoms with Gasteiger partial charge in [-0.15, -0.1) is 0 Å². The molecule has 1 heteroatoms. The van der Waals surface area contributed by atoms with E-state index in [1.54, 1.807) is 0 Å². The minimum atomic E-state index is 1.28. The SMILES string of the molecule is CCCCCCCCCCCCCCCCCC=C[P]C=CCCCCCCCCCCCCCCCCC. The first-order chi connectivity index (χ1) is 19.4. The van der Waals surface area contributed by atoms with Crippen LogP contribution in [0.15, 0.2) is 23.8 Å². The van der Waals surface area contributed by atoms with Crippen LogP contribution < -0.4 is 0 Å². The molecule has 0 aliphatic carbocycles. The molecule has 0 amide bonds. The Bertz CT molecular complexity index is 423. The summed E-state index contributed by atoms with van der Waals surface area (Å²) in [5.74, 6) is 4.71. The van der Waals surface area contributed by atoms with Gasteiger partial charge in [-0.25, -0.2) is 0 Å². The third kappa shape index (κ3) is 37.9. The zero-order chi connectivity index (χ0) is 28.2. The van der Waals surface area contributed by atoms with Crippen LogP contribution in [-0.4, -0.2) is 0 Å². The molecule has 0 spiro atoms. The highest BCUT2D eigenvalue weighted by atomic mass is 31.1. The van der Waals surface area contributed by atoms with E-state index >= 15 is 0 Å². The first-order valence-corrected chi connectivity index (χ1v) is 19.4. The Balaban J connectivity index is 3.14. The molecule has 0 aliphatic rings. The van der Waals surface area contributed by atoms with E-state index in [2.05, 4.69) is 37.6 Å². The smallest absolute Gasteiger partial charge is 0.0267 e. The van der Waals surface area contributed by atoms with Crippen LogP contribution in [0.2, 0.25) is 0 Å². The highest BCUT2D eigenvalue weighted by Gasteiger charge is 1.95. The van der Waals surface area contributed by atoms with E-state index in [0.717, 1.165) is 0 Å². The highest BCUT2D eigenvalue weighted by molar-refractivity contribution is 7.45. The van der Waals surface area contributed by atoms with Crippen molar-refractivity contribution in [3.05, 3.63) is 23.8 Å². The number of hydrogen-bond acceptors (Lipinski definition) is 0. The lowest BCUT2D eigenvalue weighted by atomic mass is 10.0. The Labute approximate surface area is 251 Å². The molecule has 0 rings (SSSR count). The van der Waals surface area contributed by atoms with Crippen LogP contribution in [0.5, 0.6) is 0 Å². The molecule has 0 N–H and O–H groups in total. The van der Waals surface area contributed by atoms with Crippen molar-refractivity contribution >= 4 is 8.58 Å². The standard InChI is InChI=1S/C38H74P/c1-3-5-7-9-11-13-15-17-19-21-23-25-27-29-31-33-35-37-39-38-36-34-32-30-28-26-24-22-20-18-16-14-12-10-8-6-4-2/h35-38H,3-34H2,1-2H3. The molecule has 231 valence electrons. The zero-order valence-corrected chi connectivity index (χ0v) is 28.3. The Morgan fingerprint density at radius 3 is 0.718 bits per heavy atom. The Morgan fingerprint density at radius 1 is 0.282 bits per heavy atom. The molecule has 0 saturated heterocycles. The van der Waals surface area contributed by atoms with Gasteiger partial charge in [0, 0.05) is 0 Å². The monoisotopic (exact) mass is 562 g/mol. The predicted octanol–water partition coefficient (Wildman–Crippen LogP) is 15.5. The normalized spacial score (nSPS) is 12.3. The summed E-state index contributed by atoms with van der Waals surface area (Å²) in [5, 5.41) is 0. The Morgan fingerprint density at radius 2 is 0.487 bits per heavy atom. The van der Waals surface area contributed by atoms with Crippen LogP contribution in [-0.2, 0) is 0 Å². The molecule has 39 heavy (non-hydrogen) atoms. The van der Waals surface area contributed by atoms with Gasteiger partial charge < -0.3 is 0 Å². The lowest BCUT2D eigenvalue weighted by Gasteiger charge is -2.03. The van der Waals surface area contributed by atoms with Crippen LogP contribution in [0.4, 0.5) is 0 Å². The molecular weight excluding hydrogens is 487 g/mol. The molecule has 0 bridgehead atoms. The summed E-state index contributed by atoms with van der Waals surface area (Å²) in [6.07, 6.45) is 50.9. The fourth-order valence-corrected chi connectivity index (χ4v) is 6.23. The topological polar surface area (TPSA) is 0 Å². The van der Waals surface area contributed by atoms with Gasteiger partial charge in [-0.1, -0.05) is 217 Å². The van der Waals surface area contributed by atoms with E-state index in [0.29, 0.717) is 0 Å². The largest absolute Gasteiger partial charge is 0.0834 e. The summed E-state index contributed by atoms with van der Waals surface area (Å²) in [5.41, 5.74) is 0. The quantitative estimate of drug-likeness (QED) is 0.0541. The van der Waals surface area contributed by atoms with Crippen LogP contribution in [0, 0.1) is 0 Å². The lowest BCUT2D eigenvalue weighted by Crippen LogP contribution is -1.83. The van der Waals surface area contributed by atoms with Crippen LogP contribution in [0.3, 0.4) is 0 Å². The van der Waals surface area contributed by atoms with Crippen molar-refractivity contribution in [1.29, 1.82) is 0 Å². The Hall–Kier alpha value is -0.0900. The van der Waals surface area contributed by atoms with E-state index in [9.17, 15) is 0 Å². The van der Waals surface area contributed by atoms with Crippen molar-refractivity contribution in [1.82, 2.24) is 0 Å². The van der Waals surface area contributed by atoms with Crippen LogP contribution >= 0.6 is 8.58 Å². The summed E-state index contributed by atoms with van der Waals surface area (Å²) in [6.45, 7) is 4.61. The number of unbranched alkanes of at least 4 members (excludes halogenated alkanes) is 30. The molecule has 0 fully saturated rings. The molecule has 0 nitrogen and oxygen atoms in total. The molecular formula is C38H74P. The summed E-state index contributed by atoms with van der Waals surface area (Å²) >= 11 is 0. The van der Waals surface area contributed by atoms with Crippen molar-refractivity contribution in [3.63, 3.8) is 0 Å². The zero-order valence-electron chi connectivity index (χ0n) is 27.4. The second-order valence-corrected chi connectivity index (χ2v) is 13.3. The number of hydrogen-bond donors (Lipinski definition) is 0. The van der Waals surface area contributed by atoms with Gasteiger partial charge in [-0.2, -0.15) is 0 Å². The molecule has 0 aromatic rings. The van der Waals surface area contributed by atoms with E-state index in [1.165, 1.54) is 214 Å². The van der Waals surface area contributed by atoms with Gasteiger partial charge in [0.15, 0.2) is 0 Å². The lowest BCUT2D eigenvalue weighted by molar-refractivity contribution is 0.533. The van der Waals surface area contributed by atoms with Gasteiger partial charge in [-0.3, -0.25) is 0 Å². The van der Waals surface area contributed by atoms with Gasteiger partial charge in [0.1, 0.15) is 0 Å². The molecule has 0 aliphatic heterocycles. The van der Waals surface area contributed by atoms with Crippen LogP contribution in [0.25, 0.3) is 0 Å². The fourth-order valence-electron chi connectivity index (χ4n) is 5.59. The molecule has 0 heterocycles. The minimum Gasteiger partial charge on any atom is -0.0834 e. The number of allylic oxidation sites excluding steroid dienone is 2. The van der Waals surface area contributed by atoms with Gasteiger partial charge in [-0.05, 0) is 34.3 Å². The predicted molar refractivity (Wildman–Crippen MR) is 184 cm³/mol. The summed E-state index contributed by atoms with van der Waals surface area (Å²) in [4.78, 5) is 0. The maximum absolute atomic E-state index is 2.40. The van der Waals surface area contributed by atoms with E-state index in [1.807, 2.05) is 0 Å². The van der Waals surface area contributed by atoms with E-state index in [-0.39, 0.29) is 0 Å². The first kappa shape index (κ1) is 38.9. The molecule has 0 saturated carbocycles. The molecule has 0 atom stereocenters. The second-order valence-electron chi connectivity index (χ2n) is 12.4. The summed E-state index contributed by atoms with van der Waals surface area (Å²) in [7, 11) is 1.38. The maximum Gasteiger partial charge on any atom is -0.0267 e. The number of rotatable bonds is 34. The van der Waals surface area contributed by atoms with Crippen molar-refractivity contribution in [2.45, 2.75) is 219 Å². The van der Waals surface area contributed by atoms with Gasteiger partial charge in [0.25, 0.3) is 0 Å². The summed E-state index contributed by atoms with van der Waals surface area (Å²) in [6, 6.07) is 0. The molecule has 0 aromatic carbocycles. The average Bonchev–Trinajstić information content (AvgIpc) is 2.95. The molecule has 0 unspecified atom stereocenters. The van der Waals surface area contributed by atoms with Gasteiger partial charge in [0.05, 0.1) is 0 Å². The van der Waals surface area contributed by atoms with Gasteiger partial charge in [0.2, 0.25) is 0 Å².